The van der Waals surface area contributed by atoms with Crippen LogP contribution in [0.5, 0.6) is 0 Å². The fourth-order valence-corrected chi connectivity index (χ4v) is 4.12. The maximum atomic E-state index is 13.5. The SMILES string of the molecule is CN(C)c1ncncc1N1CCC(C(=O)N(Cc2ccccc2)Cc2ccco2)CC1. The number of piperidine rings is 1. The lowest BCUT2D eigenvalue weighted by molar-refractivity contribution is -0.137. The van der Waals surface area contributed by atoms with Crippen LogP contribution in [0.3, 0.4) is 0 Å². The van der Waals surface area contributed by atoms with E-state index in [1.54, 1.807) is 12.6 Å². The van der Waals surface area contributed by atoms with Crippen molar-refractivity contribution in [3.8, 4) is 0 Å². The fourth-order valence-electron chi connectivity index (χ4n) is 4.12. The van der Waals surface area contributed by atoms with Gasteiger partial charge >= 0.3 is 0 Å². The molecule has 0 radical (unpaired) electrons. The van der Waals surface area contributed by atoms with Crippen molar-refractivity contribution in [2.45, 2.75) is 25.9 Å². The molecule has 3 heterocycles. The number of carbonyl (C=O) groups is 1. The fraction of sp³-hybridized carbons (Fsp3) is 0.375. The van der Waals surface area contributed by atoms with Gasteiger partial charge in [-0.3, -0.25) is 4.79 Å². The van der Waals surface area contributed by atoms with Crippen LogP contribution < -0.4 is 9.80 Å². The summed E-state index contributed by atoms with van der Waals surface area (Å²) >= 11 is 0. The summed E-state index contributed by atoms with van der Waals surface area (Å²) in [6.45, 7) is 2.69. The number of hydrogen-bond donors (Lipinski definition) is 0. The first-order valence-electron chi connectivity index (χ1n) is 10.7. The van der Waals surface area contributed by atoms with Gasteiger partial charge in [0.2, 0.25) is 5.91 Å². The third-order valence-electron chi connectivity index (χ3n) is 5.74. The number of hydrogen-bond acceptors (Lipinski definition) is 6. The maximum absolute atomic E-state index is 13.5. The quantitative estimate of drug-likeness (QED) is 0.583. The van der Waals surface area contributed by atoms with E-state index in [2.05, 4.69) is 27.0 Å². The van der Waals surface area contributed by atoms with Crippen molar-refractivity contribution in [2.24, 2.45) is 5.92 Å². The van der Waals surface area contributed by atoms with Gasteiger partial charge in [-0.2, -0.15) is 0 Å². The second-order valence-electron chi connectivity index (χ2n) is 8.15. The van der Waals surface area contributed by atoms with Crippen molar-refractivity contribution in [1.82, 2.24) is 14.9 Å². The number of amides is 1. The highest BCUT2D eigenvalue weighted by atomic mass is 16.3. The van der Waals surface area contributed by atoms with Gasteiger partial charge < -0.3 is 19.1 Å². The lowest BCUT2D eigenvalue weighted by Crippen LogP contribution is -2.42. The predicted octanol–water partition coefficient (Wildman–Crippen LogP) is 3.58. The number of carbonyl (C=O) groups excluding carboxylic acids is 1. The standard InChI is InChI=1S/C24H29N5O2/c1-27(2)23-22(15-25-18-26-23)28-12-10-20(11-13-28)24(30)29(17-21-9-6-14-31-21)16-19-7-4-3-5-8-19/h3-9,14-15,18,20H,10-13,16-17H2,1-2H3. The average Bonchev–Trinajstić information content (AvgIpc) is 3.32. The van der Waals surface area contributed by atoms with Gasteiger partial charge in [0.05, 0.1) is 24.7 Å². The third-order valence-corrected chi connectivity index (χ3v) is 5.74. The third kappa shape index (κ3) is 5.05. The Labute approximate surface area is 183 Å². The zero-order chi connectivity index (χ0) is 21.6. The summed E-state index contributed by atoms with van der Waals surface area (Å²) < 4.78 is 5.53. The van der Waals surface area contributed by atoms with Gasteiger partial charge in [0.15, 0.2) is 5.82 Å². The monoisotopic (exact) mass is 419 g/mol. The first-order chi connectivity index (χ1) is 15.1. The molecular formula is C24H29N5O2. The molecule has 1 aliphatic rings. The summed E-state index contributed by atoms with van der Waals surface area (Å²) in [6.07, 6.45) is 6.71. The highest BCUT2D eigenvalue weighted by Gasteiger charge is 2.30. The predicted molar refractivity (Wildman–Crippen MR) is 121 cm³/mol. The molecule has 7 nitrogen and oxygen atoms in total. The lowest BCUT2D eigenvalue weighted by atomic mass is 9.94. The number of anilines is 2. The van der Waals surface area contributed by atoms with Crippen LogP contribution in [-0.4, -0.2) is 48.0 Å². The van der Waals surface area contributed by atoms with Crippen molar-refractivity contribution >= 4 is 17.4 Å². The van der Waals surface area contributed by atoms with Gasteiger partial charge in [0.25, 0.3) is 0 Å². The highest BCUT2D eigenvalue weighted by molar-refractivity contribution is 5.79. The number of nitrogens with zero attached hydrogens (tertiary/aromatic N) is 5. The molecule has 1 amide bonds. The molecule has 0 spiro atoms. The summed E-state index contributed by atoms with van der Waals surface area (Å²) in [7, 11) is 3.97. The van der Waals surface area contributed by atoms with Crippen molar-refractivity contribution < 1.29 is 9.21 Å². The Hall–Kier alpha value is -3.35. The summed E-state index contributed by atoms with van der Waals surface area (Å²) in [6, 6.07) is 13.9. The van der Waals surface area contributed by atoms with E-state index < -0.39 is 0 Å². The topological polar surface area (TPSA) is 65.7 Å². The molecule has 0 N–H and O–H groups in total. The largest absolute Gasteiger partial charge is 0.467 e. The average molecular weight is 420 g/mol. The van der Waals surface area contributed by atoms with Crippen LogP contribution >= 0.6 is 0 Å². The molecule has 31 heavy (non-hydrogen) atoms. The molecule has 0 aliphatic carbocycles. The molecule has 4 rings (SSSR count). The zero-order valence-electron chi connectivity index (χ0n) is 18.1. The van der Waals surface area contributed by atoms with Gasteiger partial charge in [0.1, 0.15) is 12.1 Å². The molecule has 0 saturated carbocycles. The van der Waals surface area contributed by atoms with Crippen LogP contribution in [0.25, 0.3) is 0 Å². The Kier molecular flexibility index (Phi) is 6.50. The zero-order valence-corrected chi connectivity index (χ0v) is 18.1. The van der Waals surface area contributed by atoms with E-state index in [9.17, 15) is 4.79 Å². The number of aromatic nitrogens is 2. The van der Waals surface area contributed by atoms with Crippen molar-refractivity contribution in [3.05, 3.63) is 72.6 Å². The molecule has 0 atom stereocenters. The van der Waals surface area contributed by atoms with E-state index >= 15 is 0 Å². The van der Waals surface area contributed by atoms with E-state index in [0.29, 0.717) is 13.1 Å². The van der Waals surface area contributed by atoms with Gasteiger partial charge in [-0.05, 0) is 30.5 Å². The van der Waals surface area contributed by atoms with Crippen LogP contribution in [0, 0.1) is 5.92 Å². The maximum Gasteiger partial charge on any atom is 0.226 e. The van der Waals surface area contributed by atoms with Crippen LogP contribution in [0.2, 0.25) is 0 Å². The summed E-state index contributed by atoms with van der Waals surface area (Å²) in [4.78, 5) is 28.3. The molecule has 1 aromatic carbocycles. The molecule has 0 unspecified atom stereocenters. The molecule has 7 heteroatoms. The van der Waals surface area contributed by atoms with Crippen molar-refractivity contribution in [3.63, 3.8) is 0 Å². The van der Waals surface area contributed by atoms with Gasteiger partial charge in [-0.1, -0.05) is 30.3 Å². The van der Waals surface area contributed by atoms with Gasteiger partial charge in [-0.15, -0.1) is 0 Å². The summed E-state index contributed by atoms with van der Waals surface area (Å²) in [5.74, 6) is 1.90. The highest BCUT2D eigenvalue weighted by Crippen LogP contribution is 2.30. The van der Waals surface area contributed by atoms with Crippen LogP contribution in [0.4, 0.5) is 11.5 Å². The van der Waals surface area contributed by atoms with Crippen molar-refractivity contribution in [1.29, 1.82) is 0 Å². The van der Waals surface area contributed by atoms with E-state index in [0.717, 1.165) is 48.8 Å². The molecule has 162 valence electrons. The number of furan rings is 1. The van der Waals surface area contributed by atoms with E-state index in [1.807, 2.05) is 60.4 Å². The Morgan fingerprint density at radius 3 is 2.55 bits per heavy atom. The molecule has 3 aromatic rings. The first-order valence-corrected chi connectivity index (χ1v) is 10.7. The second kappa shape index (κ2) is 9.64. The molecule has 1 fully saturated rings. The van der Waals surface area contributed by atoms with Gasteiger partial charge in [-0.25, -0.2) is 9.97 Å². The molecule has 0 bridgehead atoms. The normalized spacial score (nSPS) is 14.5. The van der Waals surface area contributed by atoms with Crippen LogP contribution in [-0.2, 0) is 17.9 Å². The van der Waals surface area contributed by atoms with E-state index in [4.69, 9.17) is 4.42 Å². The molecule has 1 saturated heterocycles. The Bertz CT molecular complexity index is 967. The minimum atomic E-state index is 0.00219. The van der Waals surface area contributed by atoms with Crippen LogP contribution in [0.1, 0.15) is 24.2 Å². The molecule has 1 aliphatic heterocycles. The van der Waals surface area contributed by atoms with E-state index in [-0.39, 0.29) is 11.8 Å². The minimum absolute atomic E-state index is 0.00219. The van der Waals surface area contributed by atoms with E-state index in [1.165, 1.54) is 0 Å². The summed E-state index contributed by atoms with van der Waals surface area (Å²) in [5.41, 5.74) is 2.15. The molecule has 2 aromatic heterocycles. The minimum Gasteiger partial charge on any atom is -0.467 e. The Morgan fingerprint density at radius 2 is 1.87 bits per heavy atom. The van der Waals surface area contributed by atoms with Crippen LogP contribution in [0.15, 0.2) is 65.7 Å². The van der Waals surface area contributed by atoms with Crippen molar-refractivity contribution in [2.75, 3.05) is 37.0 Å². The Balaban J connectivity index is 1.45. The summed E-state index contributed by atoms with van der Waals surface area (Å²) in [5, 5.41) is 0. The Morgan fingerprint density at radius 1 is 1.10 bits per heavy atom. The lowest BCUT2D eigenvalue weighted by Gasteiger charge is -2.36. The second-order valence-corrected chi connectivity index (χ2v) is 8.15. The first kappa shape index (κ1) is 20.9. The number of benzene rings is 1. The number of rotatable bonds is 7. The molecular weight excluding hydrogens is 390 g/mol. The van der Waals surface area contributed by atoms with Gasteiger partial charge in [0, 0.05) is 39.6 Å². The smallest absolute Gasteiger partial charge is 0.226 e.